The number of carbonyl (C=O) groups is 1. The summed E-state index contributed by atoms with van der Waals surface area (Å²) in [5.74, 6) is 1.61. The van der Waals surface area contributed by atoms with Gasteiger partial charge in [-0.25, -0.2) is 9.50 Å². The van der Waals surface area contributed by atoms with Gasteiger partial charge >= 0.3 is 0 Å². The molecule has 3 aromatic heterocycles. The van der Waals surface area contributed by atoms with Crippen molar-refractivity contribution in [2.75, 3.05) is 11.9 Å². The number of fused-ring (bicyclic) bond motifs is 2. The standard InChI is InChI=1S/C24H23N7O2/c1-15(2)26-22(32)14-33-19-6-3-5-16(12-19)23-28-24(21-7-4-10-31(21)30-23)27-18-8-9-20-17(11-18)13-25-29-20/h3-13,15H,14H2,1-2H3,(H,25,29)(H,26,32)(H,27,28,30). The van der Waals surface area contributed by atoms with Gasteiger partial charge in [-0.2, -0.15) is 5.10 Å². The van der Waals surface area contributed by atoms with E-state index >= 15 is 0 Å². The predicted molar refractivity (Wildman–Crippen MR) is 127 cm³/mol. The Morgan fingerprint density at radius 2 is 2.06 bits per heavy atom. The van der Waals surface area contributed by atoms with Crippen LogP contribution in [0.4, 0.5) is 11.5 Å². The molecule has 0 saturated heterocycles. The maximum atomic E-state index is 11.9. The number of carbonyl (C=O) groups excluding carboxylic acids is 1. The van der Waals surface area contributed by atoms with Crippen molar-refractivity contribution in [2.45, 2.75) is 19.9 Å². The first-order valence-corrected chi connectivity index (χ1v) is 10.6. The molecule has 0 atom stereocenters. The number of aromatic nitrogens is 5. The highest BCUT2D eigenvalue weighted by Crippen LogP contribution is 2.27. The molecule has 9 nitrogen and oxygen atoms in total. The molecule has 5 rings (SSSR count). The number of amides is 1. The van der Waals surface area contributed by atoms with Crippen molar-refractivity contribution in [3.05, 3.63) is 67.0 Å². The topological polar surface area (TPSA) is 109 Å². The Balaban J connectivity index is 1.43. The monoisotopic (exact) mass is 441 g/mol. The second kappa shape index (κ2) is 8.62. The van der Waals surface area contributed by atoms with Crippen LogP contribution in [0.1, 0.15) is 13.8 Å². The number of rotatable bonds is 7. The predicted octanol–water partition coefficient (Wildman–Crippen LogP) is 3.92. The summed E-state index contributed by atoms with van der Waals surface area (Å²) in [6.45, 7) is 3.76. The molecule has 0 aliphatic carbocycles. The minimum absolute atomic E-state index is 0.0532. The number of anilines is 2. The van der Waals surface area contributed by atoms with Crippen molar-refractivity contribution >= 4 is 33.8 Å². The minimum Gasteiger partial charge on any atom is -0.484 e. The average Bonchev–Trinajstić information content (AvgIpc) is 3.46. The van der Waals surface area contributed by atoms with Gasteiger partial charge in [0.1, 0.15) is 11.3 Å². The fourth-order valence-electron chi connectivity index (χ4n) is 3.54. The van der Waals surface area contributed by atoms with Gasteiger partial charge in [-0.1, -0.05) is 12.1 Å². The van der Waals surface area contributed by atoms with E-state index in [2.05, 4.69) is 25.9 Å². The molecule has 0 fully saturated rings. The molecule has 166 valence electrons. The summed E-state index contributed by atoms with van der Waals surface area (Å²) in [5.41, 5.74) is 3.49. The molecule has 0 aliphatic rings. The van der Waals surface area contributed by atoms with E-state index in [-0.39, 0.29) is 18.6 Å². The van der Waals surface area contributed by atoms with Gasteiger partial charge in [0.05, 0.1) is 11.7 Å². The lowest BCUT2D eigenvalue weighted by Gasteiger charge is -2.12. The number of hydrogen-bond acceptors (Lipinski definition) is 6. The number of ether oxygens (including phenoxy) is 1. The molecule has 3 heterocycles. The Morgan fingerprint density at radius 1 is 1.15 bits per heavy atom. The first-order valence-electron chi connectivity index (χ1n) is 10.6. The zero-order valence-corrected chi connectivity index (χ0v) is 18.2. The van der Waals surface area contributed by atoms with E-state index < -0.39 is 0 Å². The number of H-pyrrole nitrogens is 1. The normalized spacial score (nSPS) is 11.2. The molecular weight excluding hydrogens is 418 g/mol. The van der Waals surface area contributed by atoms with Gasteiger partial charge in [-0.15, -0.1) is 5.10 Å². The first kappa shape index (κ1) is 20.5. The summed E-state index contributed by atoms with van der Waals surface area (Å²) in [4.78, 5) is 16.7. The maximum Gasteiger partial charge on any atom is 0.258 e. The van der Waals surface area contributed by atoms with Crippen molar-refractivity contribution in [3.63, 3.8) is 0 Å². The Kier molecular flexibility index (Phi) is 5.35. The van der Waals surface area contributed by atoms with E-state index in [0.29, 0.717) is 17.4 Å². The Labute approximate surface area is 189 Å². The van der Waals surface area contributed by atoms with Gasteiger partial charge in [0.15, 0.2) is 18.2 Å². The molecule has 0 spiro atoms. The average molecular weight is 441 g/mol. The first-order chi connectivity index (χ1) is 16.0. The number of nitrogens with one attached hydrogen (secondary N) is 3. The van der Waals surface area contributed by atoms with Crippen LogP contribution in [0.25, 0.3) is 27.8 Å². The molecule has 1 amide bonds. The molecular formula is C24H23N7O2. The molecule has 2 aromatic carbocycles. The van der Waals surface area contributed by atoms with Crippen LogP contribution in [0.3, 0.4) is 0 Å². The van der Waals surface area contributed by atoms with Crippen molar-refractivity contribution < 1.29 is 9.53 Å². The Bertz CT molecular complexity index is 1440. The summed E-state index contributed by atoms with van der Waals surface area (Å²) in [5, 5.41) is 18.9. The molecule has 9 heteroatoms. The highest BCUT2D eigenvalue weighted by Gasteiger charge is 2.12. The van der Waals surface area contributed by atoms with E-state index in [1.165, 1.54) is 0 Å². The minimum atomic E-state index is -0.165. The lowest BCUT2D eigenvalue weighted by atomic mass is 10.2. The Hall–Kier alpha value is -4.40. The summed E-state index contributed by atoms with van der Waals surface area (Å²) in [7, 11) is 0. The van der Waals surface area contributed by atoms with Gasteiger partial charge in [-0.3, -0.25) is 9.89 Å². The van der Waals surface area contributed by atoms with Gasteiger partial charge in [0, 0.05) is 28.9 Å². The fourth-order valence-corrected chi connectivity index (χ4v) is 3.54. The quantitative estimate of drug-likeness (QED) is 0.353. The van der Waals surface area contributed by atoms with E-state index in [1.807, 2.05) is 68.6 Å². The molecule has 0 unspecified atom stereocenters. The summed E-state index contributed by atoms with van der Waals surface area (Å²) in [6, 6.07) is 17.3. The van der Waals surface area contributed by atoms with Crippen LogP contribution < -0.4 is 15.4 Å². The van der Waals surface area contributed by atoms with Crippen LogP contribution in [0.5, 0.6) is 5.75 Å². The number of nitrogens with zero attached hydrogens (tertiary/aromatic N) is 4. The zero-order chi connectivity index (χ0) is 22.8. The highest BCUT2D eigenvalue weighted by molar-refractivity contribution is 5.84. The van der Waals surface area contributed by atoms with E-state index in [4.69, 9.17) is 9.72 Å². The number of aromatic amines is 1. The third kappa shape index (κ3) is 4.47. The number of benzene rings is 2. The Morgan fingerprint density at radius 3 is 2.94 bits per heavy atom. The summed E-state index contributed by atoms with van der Waals surface area (Å²) >= 11 is 0. The maximum absolute atomic E-state index is 11.9. The van der Waals surface area contributed by atoms with Gasteiger partial charge < -0.3 is 15.4 Å². The van der Waals surface area contributed by atoms with Crippen LogP contribution in [0.2, 0.25) is 0 Å². The summed E-state index contributed by atoms with van der Waals surface area (Å²) < 4.78 is 7.45. The molecule has 3 N–H and O–H groups in total. The SMILES string of the molecule is CC(C)NC(=O)COc1cccc(-c2nc(Nc3ccc4[nH]ncc4c3)c3cccn3n2)c1. The van der Waals surface area contributed by atoms with Gasteiger partial charge in [0.2, 0.25) is 0 Å². The highest BCUT2D eigenvalue weighted by atomic mass is 16.5. The van der Waals surface area contributed by atoms with E-state index in [0.717, 1.165) is 27.7 Å². The van der Waals surface area contributed by atoms with E-state index in [1.54, 1.807) is 16.8 Å². The fraction of sp³-hybridized carbons (Fsp3) is 0.167. The summed E-state index contributed by atoms with van der Waals surface area (Å²) in [6.07, 6.45) is 3.66. The number of hydrogen-bond donors (Lipinski definition) is 3. The van der Waals surface area contributed by atoms with Crippen LogP contribution in [-0.4, -0.2) is 43.4 Å². The van der Waals surface area contributed by atoms with E-state index in [9.17, 15) is 4.79 Å². The van der Waals surface area contributed by atoms with Crippen LogP contribution >= 0.6 is 0 Å². The van der Waals surface area contributed by atoms with Crippen molar-refractivity contribution in [3.8, 4) is 17.1 Å². The molecule has 0 bridgehead atoms. The smallest absolute Gasteiger partial charge is 0.258 e. The van der Waals surface area contributed by atoms with Gasteiger partial charge in [0.25, 0.3) is 5.91 Å². The largest absolute Gasteiger partial charge is 0.484 e. The third-order valence-electron chi connectivity index (χ3n) is 5.01. The van der Waals surface area contributed by atoms with Crippen LogP contribution in [0, 0.1) is 0 Å². The molecule has 0 radical (unpaired) electrons. The second-order valence-corrected chi connectivity index (χ2v) is 7.96. The van der Waals surface area contributed by atoms with Crippen molar-refractivity contribution in [2.24, 2.45) is 0 Å². The second-order valence-electron chi connectivity index (χ2n) is 7.96. The molecule has 0 saturated carbocycles. The molecule has 0 aliphatic heterocycles. The van der Waals surface area contributed by atoms with Crippen LogP contribution in [0.15, 0.2) is 67.0 Å². The third-order valence-corrected chi connectivity index (χ3v) is 5.01. The lowest BCUT2D eigenvalue weighted by molar-refractivity contribution is -0.123. The molecule has 33 heavy (non-hydrogen) atoms. The lowest BCUT2D eigenvalue weighted by Crippen LogP contribution is -2.34. The zero-order valence-electron chi connectivity index (χ0n) is 18.2. The van der Waals surface area contributed by atoms with Crippen LogP contribution in [-0.2, 0) is 4.79 Å². The van der Waals surface area contributed by atoms with Crippen molar-refractivity contribution in [1.29, 1.82) is 0 Å². The van der Waals surface area contributed by atoms with Gasteiger partial charge in [-0.05, 0) is 56.3 Å². The van der Waals surface area contributed by atoms with Crippen molar-refractivity contribution in [1.82, 2.24) is 30.1 Å². The molecule has 5 aromatic rings.